The van der Waals surface area contributed by atoms with E-state index < -0.39 is 0 Å². The van der Waals surface area contributed by atoms with Gasteiger partial charge in [0.1, 0.15) is 0 Å². The molecule has 2 rings (SSSR count). The number of nitrogens with zero attached hydrogens (tertiary/aromatic N) is 2. The number of benzene rings is 1. The molecule has 1 aromatic carbocycles. The Morgan fingerprint density at radius 2 is 2.00 bits per heavy atom. The summed E-state index contributed by atoms with van der Waals surface area (Å²) < 4.78 is 5.06. The van der Waals surface area contributed by atoms with Crippen molar-refractivity contribution < 1.29 is 9.53 Å². The predicted molar refractivity (Wildman–Crippen MR) is 87.1 cm³/mol. The van der Waals surface area contributed by atoms with Gasteiger partial charge in [-0.1, -0.05) is 47.6 Å². The van der Waals surface area contributed by atoms with E-state index in [0.717, 1.165) is 11.1 Å². The van der Waals surface area contributed by atoms with Crippen molar-refractivity contribution in [3.63, 3.8) is 0 Å². The van der Waals surface area contributed by atoms with E-state index in [1.807, 2.05) is 30.5 Å². The topological polar surface area (TPSA) is 64.1 Å². The van der Waals surface area contributed by atoms with Crippen LogP contribution in [-0.2, 0) is 17.9 Å². The molecule has 1 aromatic heterocycles. The second-order valence-corrected chi connectivity index (χ2v) is 5.67. The van der Waals surface area contributed by atoms with Gasteiger partial charge in [0.2, 0.25) is 0 Å². The fourth-order valence-electron chi connectivity index (χ4n) is 1.79. The number of carbonyl (C=O) groups is 1. The number of rotatable bonds is 6. The highest BCUT2D eigenvalue weighted by Crippen LogP contribution is 2.16. The van der Waals surface area contributed by atoms with E-state index >= 15 is 0 Å². The summed E-state index contributed by atoms with van der Waals surface area (Å²) in [6.07, 6.45) is 3.28. The average molecular weight is 338 g/mol. The summed E-state index contributed by atoms with van der Waals surface area (Å²) in [6.45, 7) is 0.974. The van der Waals surface area contributed by atoms with Gasteiger partial charge in [-0.25, -0.2) is 9.97 Å². The molecular formula is C15H16ClN3O2S. The zero-order chi connectivity index (χ0) is 15.9. The Morgan fingerprint density at radius 1 is 1.32 bits per heavy atom. The van der Waals surface area contributed by atoms with Gasteiger partial charge in [0.15, 0.2) is 10.9 Å². The van der Waals surface area contributed by atoms with Crippen LogP contribution in [0.4, 0.5) is 0 Å². The quantitative estimate of drug-likeness (QED) is 0.648. The molecule has 1 heterocycles. The Bertz CT molecular complexity index is 650. The van der Waals surface area contributed by atoms with Gasteiger partial charge < -0.3 is 10.1 Å². The smallest absolute Gasteiger partial charge is 0.271 e. The summed E-state index contributed by atoms with van der Waals surface area (Å²) >= 11 is 7.33. The van der Waals surface area contributed by atoms with Gasteiger partial charge in [-0.15, -0.1) is 0 Å². The molecule has 2 aromatic rings. The molecule has 22 heavy (non-hydrogen) atoms. The molecule has 0 fully saturated rings. The number of thioether (sulfide) groups is 1. The molecule has 0 aliphatic carbocycles. The minimum atomic E-state index is -0.316. The molecule has 0 saturated carbocycles. The SMILES string of the molecule is COCc1ccc(CNC(=O)c2nc(SC)ncc2Cl)cc1. The first-order valence-corrected chi connectivity index (χ1v) is 8.15. The first-order valence-electron chi connectivity index (χ1n) is 6.55. The first kappa shape index (κ1) is 16.7. The van der Waals surface area contributed by atoms with Crippen molar-refractivity contribution in [1.82, 2.24) is 15.3 Å². The molecule has 0 radical (unpaired) electrons. The van der Waals surface area contributed by atoms with E-state index in [2.05, 4.69) is 15.3 Å². The van der Waals surface area contributed by atoms with Gasteiger partial charge in [0, 0.05) is 13.7 Å². The summed E-state index contributed by atoms with van der Waals surface area (Å²) in [5.41, 5.74) is 2.27. The van der Waals surface area contributed by atoms with Gasteiger partial charge in [0.25, 0.3) is 5.91 Å². The van der Waals surface area contributed by atoms with Gasteiger partial charge in [-0.05, 0) is 17.4 Å². The fourth-order valence-corrected chi connectivity index (χ4v) is 2.31. The predicted octanol–water partition coefficient (Wildman–Crippen LogP) is 2.93. The van der Waals surface area contributed by atoms with Crippen LogP contribution in [0, 0.1) is 0 Å². The number of halogens is 1. The maximum Gasteiger partial charge on any atom is 0.271 e. The van der Waals surface area contributed by atoms with Crippen molar-refractivity contribution in [3.05, 3.63) is 52.3 Å². The molecule has 0 saturated heterocycles. The second kappa shape index (κ2) is 8.12. The summed E-state index contributed by atoms with van der Waals surface area (Å²) in [5, 5.41) is 3.56. The lowest BCUT2D eigenvalue weighted by Gasteiger charge is -2.07. The molecule has 1 N–H and O–H groups in total. The van der Waals surface area contributed by atoms with Crippen LogP contribution in [0.3, 0.4) is 0 Å². The Balaban J connectivity index is 2.00. The average Bonchev–Trinajstić information content (AvgIpc) is 2.54. The number of hydrogen-bond donors (Lipinski definition) is 1. The van der Waals surface area contributed by atoms with Crippen molar-refractivity contribution in [2.24, 2.45) is 0 Å². The van der Waals surface area contributed by atoms with E-state index in [9.17, 15) is 4.79 Å². The maximum absolute atomic E-state index is 12.2. The van der Waals surface area contributed by atoms with E-state index in [-0.39, 0.29) is 16.6 Å². The van der Waals surface area contributed by atoms with Crippen LogP contribution in [0.25, 0.3) is 0 Å². The van der Waals surface area contributed by atoms with Gasteiger partial charge in [0.05, 0.1) is 17.8 Å². The van der Waals surface area contributed by atoms with Gasteiger partial charge in [-0.3, -0.25) is 4.79 Å². The number of ether oxygens (including phenoxy) is 1. The van der Waals surface area contributed by atoms with Crippen LogP contribution in [0.1, 0.15) is 21.6 Å². The number of methoxy groups -OCH3 is 1. The van der Waals surface area contributed by atoms with Gasteiger partial charge >= 0.3 is 0 Å². The van der Waals surface area contributed by atoms with Crippen molar-refractivity contribution in [2.45, 2.75) is 18.3 Å². The zero-order valence-corrected chi connectivity index (χ0v) is 13.9. The van der Waals surface area contributed by atoms with E-state index in [4.69, 9.17) is 16.3 Å². The number of nitrogens with one attached hydrogen (secondary N) is 1. The van der Waals surface area contributed by atoms with Crippen molar-refractivity contribution in [1.29, 1.82) is 0 Å². The van der Waals surface area contributed by atoms with Crippen LogP contribution < -0.4 is 5.32 Å². The third-order valence-electron chi connectivity index (χ3n) is 2.91. The van der Waals surface area contributed by atoms with E-state index in [1.54, 1.807) is 7.11 Å². The Morgan fingerprint density at radius 3 is 2.64 bits per heavy atom. The Hall–Kier alpha value is -1.63. The molecule has 5 nitrogen and oxygen atoms in total. The lowest BCUT2D eigenvalue weighted by molar-refractivity contribution is 0.0945. The third kappa shape index (κ3) is 4.43. The van der Waals surface area contributed by atoms with Crippen LogP contribution >= 0.6 is 23.4 Å². The zero-order valence-electron chi connectivity index (χ0n) is 12.3. The molecule has 0 unspecified atom stereocenters. The summed E-state index contributed by atoms with van der Waals surface area (Å²) in [6, 6.07) is 7.83. The van der Waals surface area contributed by atoms with E-state index in [0.29, 0.717) is 18.3 Å². The van der Waals surface area contributed by atoms with Crippen LogP contribution in [0.15, 0.2) is 35.6 Å². The second-order valence-electron chi connectivity index (χ2n) is 4.49. The lowest BCUT2D eigenvalue weighted by Crippen LogP contribution is -2.24. The van der Waals surface area contributed by atoms with Gasteiger partial charge in [-0.2, -0.15) is 0 Å². The van der Waals surface area contributed by atoms with Crippen molar-refractivity contribution in [3.8, 4) is 0 Å². The molecular weight excluding hydrogens is 322 g/mol. The van der Waals surface area contributed by atoms with Crippen molar-refractivity contribution in [2.75, 3.05) is 13.4 Å². The van der Waals surface area contributed by atoms with Crippen LogP contribution in [0.5, 0.6) is 0 Å². The lowest BCUT2D eigenvalue weighted by atomic mass is 10.1. The molecule has 0 spiro atoms. The number of hydrogen-bond acceptors (Lipinski definition) is 5. The maximum atomic E-state index is 12.2. The Kier molecular flexibility index (Phi) is 6.18. The first-order chi connectivity index (χ1) is 10.6. The summed E-state index contributed by atoms with van der Waals surface area (Å²) in [5.74, 6) is -0.316. The minimum absolute atomic E-state index is 0.192. The minimum Gasteiger partial charge on any atom is -0.380 e. The van der Waals surface area contributed by atoms with Crippen molar-refractivity contribution >= 4 is 29.3 Å². The standard InChI is InChI=1S/C15H16ClN3O2S/c1-21-9-11-5-3-10(4-6-11)7-17-14(20)13-12(16)8-18-15(19-13)22-2/h3-6,8H,7,9H2,1-2H3,(H,17,20). The summed E-state index contributed by atoms with van der Waals surface area (Å²) in [7, 11) is 1.66. The van der Waals surface area contributed by atoms with Crippen LogP contribution in [-0.4, -0.2) is 29.2 Å². The molecule has 0 aliphatic heterocycles. The molecule has 0 bridgehead atoms. The number of amides is 1. The highest BCUT2D eigenvalue weighted by molar-refractivity contribution is 7.98. The normalized spacial score (nSPS) is 10.5. The molecule has 7 heteroatoms. The highest BCUT2D eigenvalue weighted by Gasteiger charge is 2.13. The third-order valence-corrected chi connectivity index (χ3v) is 3.75. The molecule has 1 amide bonds. The molecule has 0 atom stereocenters. The Labute approximate surface area is 138 Å². The van der Waals surface area contributed by atoms with Crippen LogP contribution in [0.2, 0.25) is 5.02 Å². The monoisotopic (exact) mass is 337 g/mol. The largest absolute Gasteiger partial charge is 0.380 e. The highest BCUT2D eigenvalue weighted by atomic mass is 35.5. The summed E-state index contributed by atoms with van der Waals surface area (Å²) in [4.78, 5) is 20.3. The fraction of sp³-hybridized carbons (Fsp3) is 0.267. The molecule has 116 valence electrons. The van der Waals surface area contributed by atoms with E-state index in [1.165, 1.54) is 18.0 Å². The molecule has 0 aliphatic rings. The number of carbonyl (C=O) groups excluding carboxylic acids is 1. The number of aromatic nitrogens is 2.